The van der Waals surface area contributed by atoms with Crippen molar-refractivity contribution in [3.8, 4) is 11.5 Å². The van der Waals surface area contributed by atoms with Crippen LogP contribution in [-0.4, -0.2) is 22.7 Å². The highest BCUT2D eigenvalue weighted by Gasteiger charge is 2.28. The van der Waals surface area contributed by atoms with Gasteiger partial charge in [0.15, 0.2) is 11.5 Å². The fourth-order valence-corrected chi connectivity index (χ4v) is 3.07. The van der Waals surface area contributed by atoms with Crippen molar-refractivity contribution >= 4 is 28.5 Å². The number of ether oxygens (including phenoxy) is 2. The van der Waals surface area contributed by atoms with E-state index in [2.05, 4.69) is 0 Å². The lowest BCUT2D eigenvalue weighted by Crippen LogP contribution is -2.06. The SMILES string of the molecule is CC(=O)COc1ccc2c(c1)O/C(=C/c1cn(C)c3ccccc13)C2=O. The number of nitrogens with zero attached hydrogens (tertiary/aromatic N) is 1. The van der Waals surface area contributed by atoms with Crippen LogP contribution in [0.2, 0.25) is 0 Å². The van der Waals surface area contributed by atoms with Crippen molar-refractivity contribution in [2.24, 2.45) is 7.05 Å². The largest absolute Gasteiger partial charge is 0.486 e. The highest BCUT2D eigenvalue weighted by Crippen LogP contribution is 2.35. The Labute approximate surface area is 150 Å². The predicted molar refractivity (Wildman–Crippen MR) is 98.5 cm³/mol. The second-order valence-corrected chi connectivity index (χ2v) is 6.30. The van der Waals surface area contributed by atoms with Crippen molar-refractivity contribution in [1.82, 2.24) is 4.57 Å². The number of benzene rings is 2. The quantitative estimate of drug-likeness (QED) is 0.674. The van der Waals surface area contributed by atoms with Crippen molar-refractivity contribution in [1.29, 1.82) is 0 Å². The van der Waals surface area contributed by atoms with E-state index in [4.69, 9.17) is 9.47 Å². The minimum atomic E-state index is -0.161. The Morgan fingerprint density at radius 3 is 2.85 bits per heavy atom. The zero-order valence-electron chi connectivity index (χ0n) is 14.5. The molecule has 0 radical (unpaired) electrons. The molecular formula is C21H17NO4. The van der Waals surface area contributed by atoms with E-state index in [0.717, 1.165) is 16.5 Å². The number of aryl methyl sites for hydroxylation is 1. The van der Waals surface area contributed by atoms with Crippen LogP contribution in [0.3, 0.4) is 0 Å². The molecule has 0 fully saturated rings. The molecule has 2 aromatic carbocycles. The average molecular weight is 347 g/mol. The summed E-state index contributed by atoms with van der Waals surface area (Å²) in [6.07, 6.45) is 3.74. The fraction of sp³-hybridized carbons (Fsp3) is 0.143. The number of ketones is 2. The van der Waals surface area contributed by atoms with Crippen LogP contribution < -0.4 is 9.47 Å². The van der Waals surface area contributed by atoms with Crippen molar-refractivity contribution in [2.75, 3.05) is 6.61 Å². The van der Waals surface area contributed by atoms with Crippen molar-refractivity contribution in [2.45, 2.75) is 6.92 Å². The summed E-state index contributed by atoms with van der Waals surface area (Å²) in [5.41, 5.74) is 2.50. The number of para-hydroxylation sites is 1. The first-order valence-electron chi connectivity index (χ1n) is 8.27. The van der Waals surface area contributed by atoms with Crippen LogP contribution in [0.4, 0.5) is 0 Å². The summed E-state index contributed by atoms with van der Waals surface area (Å²) in [6.45, 7) is 1.45. The van der Waals surface area contributed by atoms with Crippen LogP contribution in [0.1, 0.15) is 22.8 Å². The molecule has 26 heavy (non-hydrogen) atoms. The lowest BCUT2D eigenvalue weighted by atomic mass is 10.1. The molecule has 0 aliphatic carbocycles. The van der Waals surface area contributed by atoms with Gasteiger partial charge >= 0.3 is 0 Å². The standard InChI is InChI=1S/C21H17NO4/c1-13(23)12-25-15-7-8-17-19(10-15)26-20(21(17)24)9-14-11-22(2)18-6-4-3-5-16(14)18/h3-11H,12H2,1-2H3/b20-9+. The Morgan fingerprint density at radius 1 is 1.23 bits per heavy atom. The third-order valence-electron chi connectivity index (χ3n) is 4.30. The van der Waals surface area contributed by atoms with E-state index in [9.17, 15) is 9.59 Å². The number of aromatic nitrogens is 1. The van der Waals surface area contributed by atoms with Gasteiger partial charge in [0.1, 0.15) is 18.1 Å². The van der Waals surface area contributed by atoms with E-state index < -0.39 is 0 Å². The summed E-state index contributed by atoms with van der Waals surface area (Å²) in [6, 6.07) is 13.0. The normalized spacial score (nSPS) is 14.5. The molecule has 5 heteroatoms. The Balaban J connectivity index is 1.67. The van der Waals surface area contributed by atoms with Crippen molar-refractivity contribution in [3.63, 3.8) is 0 Å². The molecule has 0 N–H and O–H groups in total. The zero-order valence-corrected chi connectivity index (χ0v) is 14.5. The molecular weight excluding hydrogens is 330 g/mol. The number of allylic oxidation sites excluding steroid dienone is 1. The third-order valence-corrected chi connectivity index (χ3v) is 4.30. The van der Waals surface area contributed by atoms with E-state index in [1.807, 2.05) is 42.1 Å². The van der Waals surface area contributed by atoms with Crippen molar-refractivity contribution < 1.29 is 19.1 Å². The zero-order chi connectivity index (χ0) is 18.3. The molecule has 1 aliphatic rings. The number of carbonyl (C=O) groups excluding carboxylic acids is 2. The molecule has 0 unspecified atom stereocenters. The van der Waals surface area contributed by atoms with Crippen LogP contribution in [0.5, 0.6) is 11.5 Å². The maximum atomic E-state index is 12.6. The molecule has 5 nitrogen and oxygen atoms in total. The molecule has 0 atom stereocenters. The van der Waals surface area contributed by atoms with E-state index >= 15 is 0 Å². The van der Waals surface area contributed by atoms with Crippen LogP contribution in [-0.2, 0) is 11.8 Å². The lowest BCUT2D eigenvalue weighted by molar-refractivity contribution is -0.118. The minimum absolute atomic E-state index is 0.00850. The first-order valence-corrected chi connectivity index (χ1v) is 8.27. The second kappa shape index (κ2) is 6.19. The third kappa shape index (κ3) is 2.77. The van der Waals surface area contributed by atoms with Gasteiger partial charge in [0, 0.05) is 35.8 Å². The molecule has 0 bridgehead atoms. The molecule has 0 saturated carbocycles. The molecule has 4 rings (SSSR count). The van der Waals surface area contributed by atoms with Gasteiger partial charge in [-0.05, 0) is 31.2 Å². The van der Waals surface area contributed by atoms with Gasteiger partial charge in [-0.15, -0.1) is 0 Å². The predicted octanol–water partition coefficient (Wildman–Crippen LogP) is 3.76. The lowest BCUT2D eigenvalue weighted by Gasteiger charge is -2.04. The number of fused-ring (bicyclic) bond motifs is 2. The Kier molecular flexibility index (Phi) is 3.84. The van der Waals surface area contributed by atoms with E-state index in [-0.39, 0.29) is 23.9 Å². The number of hydrogen-bond donors (Lipinski definition) is 0. The van der Waals surface area contributed by atoms with Crippen LogP contribution in [0.25, 0.3) is 17.0 Å². The van der Waals surface area contributed by atoms with Gasteiger partial charge in [-0.25, -0.2) is 0 Å². The highest BCUT2D eigenvalue weighted by atomic mass is 16.5. The van der Waals surface area contributed by atoms with Gasteiger partial charge in [-0.1, -0.05) is 18.2 Å². The molecule has 0 amide bonds. The second-order valence-electron chi connectivity index (χ2n) is 6.30. The maximum absolute atomic E-state index is 12.6. The van der Waals surface area contributed by atoms with Gasteiger partial charge in [0.2, 0.25) is 5.78 Å². The number of rotatable bonds is 4. The maximum Gasteiger partial charge on any atom is 0.231 e. The Bertz CT molecular complexity index is 1070. The van der Waals surface area contributed by atoms with Crippen molar-refractivity contribution in [3.05, 3.63) is 65.5 Å². The first kappa shape index (κ1) is 16.1. The molecule has 0 saturated heterocycles. The number of Topliss-reactive ketones (excluding diaryl/α,β-unsaturated/α-hetero) is 2. The summed E-state index contributed by atoms with van der Waals surface area (Å²) in [4.78, 5) is 23.7. The van der Waals surface area contributed by atoms with Crippen LogP contribution in [0.15, 0.2) is 54.4 Å². The summed E-state index contributed by atoms with van der Waals surface area (Å²) in [7, 11) is 1.97. The molecule has 3 aromatic rings. The molecule has 0 spiro atoms. The van der Waals surface area contributed by atoms with Gasteiger partial charge < -0.3 is 14.0 Å². The molecule has 130 valence electrons. The van der Waals surface area contributed by atoms with E-state index in [0.29, 0.717) is 17.1 Å². The number of carbonyl (C=O) groups is 2. The summed E-state index contributed by atoms with van der Waals surface area (Å²) >= 11 is 0. The Hall–Kier alpha value is -3.34. The molecule has 1 aliphatic heterocycles. The minimum Gasteiger partial charge on any atom is -0.486 e. The summed E-state index contributed by atoms with van der Waals surface area (Å²) in [5, 5.41) is 1.06. The van der Waals surface area contributed by atoms with Crippen LogP contribution >= 0.6 is 0 Å². The van der Waals surface area contributed by atoms with Gasteiger partial charge in [-0.3, -0.25) is 9.59 Å². The van der Waals surface area contributed by atoms with Gasteiger partial charge in [-0.2, -0.15) is 0 Å². The highest BCUT2D eigenvalue weighted by molar-refractivity contribution is 6.15. The molecule has 2 heterocycles. The monoisotopic (exact) mass is 347 g/mol. The fourth-order valence-electron chi connectivity index (χ4n) is 3.07. The number of hydrogen-bond acceptors (Lipinski definition) is 4. The van der Waals surface area contributed by atoms with E-state index in [1.165, 1.54) is 6.92 Å². The topological polar surface area (TPSA) is 57.5 Å². The van der Waals surface area contributed by atoms with Crippen LogP contribution in [0, 0.1) is 0 Å². The first-order chi connectivity index (χ1) is 12.5. The van der Waals surface area contributed by atoms with Gasteiger partial charge in [0.05, 0.1) is 5.56 Å². The van der Waals surface area contributed by atoms with E-state index in [1.54, 1.807) is 24.3 Å². The summed E-state index contributed by atoms with van der Waals surface area (Å²) in [5.74, 6) is 0.992. The molecule has 1 aromatic heterocycles. The Morgan fingerprint density at radius 2 is 2.04 bits per heavy atom. The summed E-state index contributed by atoms with van der Waals surface area (Å²) < 4.78 is 13.2. The van der Waals surface area contributed by atoms with Gasteiger partial charge in [0.25, 0.3) is 0 Å². The smallest absolute Gasteiger partial charge is 0.231 e. The average Bonchev–Trinajstić information content (AvgIpc) is 3.11.